The van der Waals surface area contributed by atoms with Crippen molar-refractivity contribution in [3.63, 3.8) is 0 Å². The number of carbonyl (C=O) groups excluding carboxylic acids is 2. The number of fused-ring (bicyclic) bond motifs is 3. The van der Waals surface area contributed by atoms with Crippen molar-refractivity contribution in [2.75, 3.05) is 29.6 Å². The van der Waals surface area contributed by atoms with Gasteiger partial charge in [0.15, 0.2) is 17.3 Å². The Morgan fingerprint density at radius 1 is 1.18 bits per heavy atom. The van der Waals surface area contributed by atoms with Gasteiger partial charge in [0.1, 0.15) is 0 Å². The Hall–Kier alpha value is -4.15. The molecule has 34 heavy (non-hydrogen) atoms. The van der Waals surface area contributed by atoms with Gasteiger partial charge < -0.3 is 20.9 Å². The first-order valence-electron chi connectivity index (χ1n) is 12.4. The lowest BCUT2D eigenvalue weighted by Gasteiger charge is -2.35. The third kappa shape index (κ3) is 3.78. The van der Waals surface area contributed by atoms with Crippen LogP contribution in [0.4, 0.5) is 23.0 Å². The van der Waals surface area contributed by atoms with Gasteiger partial charge in [-0.25, -0.2) is 4.98 Å². The number of nitrogens with zero attached hydrogens (tertiary/aromatic N) is 6. The van der Waals surface area contributed by atoms with Crippen LogP contribution in [0.15, 0.2) is 24.5 Å². The number of aromatic nitrogens is 5. The van der Waals surface area contributed by atoms with Crippen LogP contribution < -0.4 is 20.9 Å². The lowest BCUT2D eigenvalue weighted by Crippen LogP contribution is -2.29. The van der Waals surface area contributed by atoms with Crippen molar-refractivity contribution in [2.24, 2.45) is 5.92 Å². The van der Waals surface area contributed by atoms with Crippen molar-refractivity contribution in [3.05, 3.63) is 41.6 Å². The number of carbonyl (C=O) groups is 2. The first-order valence-corrected chi connectivity index (χ1v) is 10.9. The molecule has 0 unspecified atom stereocenters. The van der Waals surface area contributed by atoms with Crippen LogP contribution in [0.3, 0.4) is 0 Å². The third-order valence-corrected chi connectivity index (χ3v) is 6.01. The van der Waals surface area contributed by atoms with E-state index in [1.54, 1.807) is 12.4 Å². The number of rotatable bonds is 5. The summed E-state index contributed by atoms with van der Waals surface area (Å²) >= 11 is 0. The van der Waals surface area contributed by atoms with Crippen LogP contribution in [0.5, 0.6) is 0 Å². The van der Waals surface area contributed by atoms with Crippen LogP contribution in [0.1, 0.15) is 51.8 Å². The van der Waals surface area contributed by atoms with Crippen LogP contribution in [-0.4, -0.2) is 51.0 Å². The van der Waals surface area contributed by atoms with Gasteiger partial charge in [0, 0.05) is 53.8 Å². The maximum absolute atomic E-state index is 12.8. The summed E-state index contributed by atoms with van der Waals surface area (Å²) in [7, 11) is 1.90. The fourth-order valence-electron chi connectivity index (χ4n) is 4.01. The highest BCUT2D eigenvalue weighted by Crippen LogP contribution is 2.46. The van der Waals surface area contributed by atoms with Gasteiger partial charge in [-0.05, 0) is 32.8 Å². The van der Waals surface area contributed by atoms with Crippen LogP contribution in [0.25, 0.3) is 11.3 Å². The van der Waals surface area contributed by atoms with E-state index in [1.807, 2.05) is 37.2 Å². The smallest absolute Gasteiger partial charge is 0.273 e. The molecular weight excluding hydrogens is 434 g/mol. The molecular formula is C23H25N9O2. The van der Waals surface area contributed by atoms with Gasteiger partial charge in [-0.3, -0.25) is 19.6 Å². The Morgan fingerprint density at radius 3 is 2.74 bits per heavy atom. The van der Waals surface area contributed by atoms with E-state index in [0.29, 0.717) is 17.2 Å². The van der Waals surface area contributed by atoms with E-state index in [0.717, 1.165) is 29.8 Å². The predicted octanol–water partition coefficient (Wildman–Crippen LogP) is 2.60. The Labute approximate surface area is 200 Å². The molecule has 3 aromatic rings. The summed E-state index contributed by atoms with van der Waals surface area (Å²) in [4.78, 5) is 40.8. The maximum atomic E-state index is 12.8. The zero-order valence-corrected chi connectivity index (χ0v) is 18.9. The first-order chi connectivity index (χ1) is 17.5. The van der Waals surface area contributed by atoms with E-state index in [2.05, 4.69) is 35.8 Å². The van der Waals surface area contributed by atoms with Crippen molar-refractivity contribution in [2.45, 2.75) is 32.7 Å². The van der Waals surface area contributed by atoms with Crippen molar-refractivity contribution >= 4 is 34.8 Å². The summed E-state index contributed by atoms with van der Waals surface area (Å²) in [5.41, 5.74) is 3.62. The second-order valence-electron chi connectivity index (χ2n) is 8.42. The van der Waals surface area contributed by atoms with E-state index in [-0.39, 0.29) is 35.1 Å². The predicted molar refractivity (Wildman–Crippen MR) is 127 cm³/mol. The lowest BCUT2D eigenvalue weighted by atomic mass is 9.97. The van der Waals surface area contributed by atoms with Crippen LogP contribution in [0, 0.1) is 12.8 Å². The molecule has 0 bridgehead atoms. The Bertz CT molecular complexity index is 1410. The molecule has 0 radical (unpaired) electrons. The van der Waals surface area contributed by atoms with Gasteiger partial charge in [0.05, 0.1) is 28.8 Å². The van der Waals surface area contributed by atoms with E-state index < -0.39 is 12.9 Å². The molecule has 11 nitrogen and oxygen atoms in total. The molecule has 11 heteroatoms. The number of nitrogens with one attached hydrogen (secondary N) is 3. The molecule has 1 fully saturated rings. The molecule has 4 heterocycles. The lowest BCUT2D eigenvalue weighted by molar-refractivity contribution is -0.117. The molecule has 1 saturated carbocycles. The minimum atomic E-state index is -2.73. The van der Waals surface area contributed by atoms with Gasteiger partial charge >= 0.3 is 0 Å². The summed E-state index contributed by atoms with van der Waals surface area (Å²) in [6.45, 7) is 1.09. The normalized spacial score (nSPS) is 18.0. The number of anilines is 4. The van der Waals surface area contributed by atoms with E-state index in [1.165, 1.54) is 6.07 Å². The minimum Gasteiger partial charge on any atom is -0.363 e. The molecule has 5 rings (SSSR count). The summed E-state index contributed by atoms with van der Waals surface area (Å²) < 4.78 is 22.2. The zero-order valence-electron chi connectivity index (χ0n) is 21.9. The van der Waals surface area contributed by atoms with Gasteiger partial charge in [-0.1, -0.05) is 0 Å². The monoisotopic (exact) mass is 462 g/mol. The fraction of sp³-hybridized carbons (Fsp3) is 0.348. The highest BCUT2D eigenvalue weighted by Gasteiger charge is 2.32. The fourth-order valence-corrected chi connectivity index (χ4v) is 4.01. The maximum Gasteiger partial charge on any atom is 0.273 e. The molecule has 174 valence electrons. The molecule has 0 saturated heterocycles. The SMILES string of the molecule is [2H]C([2H])([2H])NC(=O)c1nnc(NC(=O)C2CC2)cc1Nc1nc(C)cc2c1N(C)[C@@H](C)c1nccnc1-2. The molecule has 3 N–H and O–H groups in total. The average molecular weight is 463 g/mol. The molecule has 2 amide bonds. The highest BCUT2D eigenvalue weighted by molar-refractivity contribution is 6.00. The molecule has 0 spiro atoms. The van der Waals surface area contributed by atoms with Crippen LogP contribution >= 0.6 is 0 Å². The highest BCUT2D eigenvalue weighted by atomic mass is 16.2. The summed E-state index contributed by atoms with van der Waals surface area (Å²) in [5.74, 6) is -0.678. The molecule has 3 aromatic heterocycles. The number of hydrogen-bond donors (Lipinski definition) is 3. The Balaban J connectivity index is 1.60. The molecule has 1 atom stereocenters. The van der Waals surface area contributed by atoms with Crippen molar-refractivity contribution in [3.8, 4) is 11.3 Å². The topological polar surface area (TPSA) is 138 Å². The largest absolute Gasteiger partial charge is 0.363 e. The number of pyridine rings is 1. The number of aryl methyl sites for hydroxylation is 1. The molecule has 1 aliphatic carbocycles. The summed E-state index contributed by atoms with van der Waals surface area (Å²) in [6.07, 6.45) is 4.88. The molecule has 0 aromatic carbocycles. The number of amides is 2. The van der Waals surface area contributed by atoms with E-state index >= 15 is 0 Å². The Kier molecular flexibility index (Phi) is 4.48. The van der Waals surface area contributed by atoms with Crippen LogP contribution in [0.2, 0.25) is 0 Å². The third-order valence-electron chi connectivity index (χ3n) is 6.01. The number of hydrogen-bond acceptors (Lipinski definition) is 9. The first kappa shape index (κ1) is 18.3. The Morgan fingerprint density at radius 2 is 1.97 bits per heavy atom. The summed E-state index contributed by atoms with van der Waals surface area (Å²) in [5, 5.41) is 15.7. The average Bonchev–Trinajstić information content (AvgIpc) is 3.67. The van der Waals surface area contributed by atoms with E-state index in [4.69, 9.17) is 4.11 Å². The van der Waals surface area contributed by atoms with E-state index in [9.17, 15) is 9.59 Å². The molecule has 1 aliphatic heterocycles. The van der Waals surface area contributed by atoms with Gasteiger partial charge in [0.25, 0.3) is 5.91 Å². The quantitative estimate of drug-likeness (QED) is 0.522. The second kappa shape index (κ2) is 8.32. The van der Waals surface area contributed by atoms with Gasteiger partial charge in [-0.2, -0.15) is 0 Å². The summed E-state index contributed by atoms with van der Waals surface area (Å²) in [6, 6.07) is 3.23. The van der Waals surface area contributed by atoms with Crippen molar-refractivity contribution < 1.29 is 13.7 Å². The second-order valence-corrected chi connectivity index (χ2v) is 8.42. The van der Waals surface area contributed by atoms with Crippen molar-refractivity contribution in [1.29, 1.82) is 0 Å². The minimum absolute atomic E-state index is 0.0708. The van der Waals surface area contributed by atoms with Crippen LogP contribution in [-0.2, 0) is 4.79 Å². The van der Waals surface area contributed by atoms with Gasteiger partial charge in [0.2, 0.25) is 5.91 Å². The standard InChI is InChI=1S/C23H25N9O2/c1-11-9-14-18-17(25-7-8-26-18)12(2)32(4)20(14)21(27-11)28-15-10-16(29-22(33)13-5-6-13)30-31-19(15)23(34)24-3/h7-10,12-13H,5-6H2,1-4H3,(H,24,34)(H2,27,28,29,30,33)/t12-/m0/s1/i3D3. The zero-order chi connectivity index (χ0) is 26.5. The van der Waals surface area contributed by atoms with Gasteiger partial charge in [-0.15, -0.1) is 10.2 Å². The molecule has 2 aliphatic rings. The van der Waals surface area contributed by atoms with Crippen molar-refractivity contribution in [1.82, 2.24) is 30.5 Å².